The van der Waals surface area contributed by atoms with E-state index in [4.69, 9.17) is 9.47 Å². The molecular formula is C21H26O3. The van der Waals surface area contributed by atoms with Crippen molar-refractivity contribution in [3.8, 4) is 11.5 Å². The maximum atomic E-state index is 11.1. The van der Waals surface area contributed by atoms with E-state index in [0.29, 0.717) is 11.7 Å². The molecule has 0 bridgehead atoms. The summed E-state index contributed by atoms with van der Waals surface area (Å²) in [5.74, 6) is 1.51. The van der Waals surface area contributed by atoms with E-state index in [-0.39, 0.29) is 5.97 Å². The molecule has 1 unspecified atom stereocenters. The third-order valence-electron chi connectivity index (χ3n) is 4.16. The minimum absolute atomic E-state index is 0.294. The van der Waals surface area contributed by atoms with Crippen molar-refractivity contribution in [3.63, 3.8) is 0 Å². The molecule has 0 aromatic heterocycles. The number of benzene rings is 2. The highest BCUT2D eigenvalue weighted by atomic mass is 16.5. The van der Waals surface area contributed by atoms with Crippen LogP contribution in [0, 0.1) is 0 Å². The quantitative estimate of drug-likeness (QED) is 0.373. The fourth-order valence-electron chi connectivity index (χ4n) is 2.89. The highest BCUT2D eigenvalue weighted by molar-refractivity contribution is 5.69. The second-order valence-electron chi connectivity index (χ2n) is 5.98. The molecule has 0 fully saturated rings. The van der Waals surface area contributed by atoms with E-state index in [0.717, 1.165) is 12.2 Å². The Labute approximate surface area is 144 Å². The number of esters is 1. The topological polar surface area (TPSA) is 35.5 Å². The minimum atomic E-state index is -0.294. The van der Waals surface area contributed by atoms with E-state index in [1.165, 1.54) is 37.3 Å². The Hall–Kier alpha value is -2.29. The van der Waals surface area contributed by atoms with E-state index in [1.807, 2.05) is 24.3 Å². The molecular weight excluding hydrogens is 300 g/mol. The van der Waals surface area contributed by atoms with E-state index >= 15 is 0 Å². The zero-order valence-corrected chi connectivity index (χ0v) is 14.7. The van der Waals surface area contributed by atoms with Gasteiger partial charge in [0.15, 0.2) is 0 Å². The molecule has 2 aromatic rings. The third kappa shape index (κ3) is 5.12. The van der Waals surface area contributed by atoms with Gasteiger partial charge in [-0.25, -0.2) is 0 Å². The van der Waals surface area contributed by atoms with Crippen LogP contribution < -0.4 is 9.47 Å². The zero-order chi connectivity index (χ0) is 17.4. The van der Waals surface area contributed by atoms with Gasteiger partial charge < -0.3 is 9.47 Å². The zero-order valence-electron chi connectivity index (χ0n) is 14.7. The summed E-state index contributed by atoms with van der Waals surface area (Å²) in [5, 5.41) is 0. The smallest absolute Gasteiger partial charge is 0.308 e. The van der Waals surface area contributed by atoms with Crippen LogP contribution in [0.3, 0.4) is 0 Å². The van der Waals surface area contributed by atoms with Crippen molar-refractivity contribution in [2.45, 2.75) is 45.4 Å². The lowest BCUT2D eigenvalue weighted by Gasteiger charge is -2.19. The summed E-state index contributed by atoms with van der Waals surface area (Å²) in [5.41, 5.74) is 2.53. The molecule has 128 valence electrons. The van der Waals surface area contributed by atoms with Crippen molar-refractivity contribution in [2.75, 3.05) is 7.11 Å². The predicted molar refractivity (Wildman–Crippen MR) is 96.7 cm³/mol. The molecule has 0 saturated carbocycles. The molecule has 3 heteroatoms. The molecule has 0 amide bonds. The van der Waals surface area contributed by atoms with Gasteiger partial charge in [-0.05, 0) is 41.8 Å². The van der Waals surface area contributed by atoms with Gasteiger partial charge in [-0.2, -0.15) is 0 Å². The monoisotopic (exact) mass is 326 g/mol. The van der Waals surface area contributed by atoms with Crippen LogP contribution in [0.1, 0.15) is 56.6 Å². The van der Waals surface area contributed by atoms with Gasteiger partial charge in [0.05, 0.1) is 7.11 Å². The van der Waals surface area contributed by atoms with Crippen molar-refractivity contribution >= 4 is 5.97 Å². The minimum Gasteiger partial charge on any atom is -0.497 e. The number of unbranched alkanes of at least 4 members (excludes halogenated alkanes) is 2. The van der Waals surface area contributed by atoms with E-state index < -0.39 is 0 Å². The molecule has 0 aliphatic rings. The van der Waals surface area contributed by atoms with Gasteiger partial charge in [0.25, 0.3) is 0 Å². The SMILES string of the molecule is CCCCCC(c1ccc(OC)cc1)c1ccc(OC(C)=O)cc1. The molecule has 0 N–H and O–H groups in total. The van der Waals surface area contributed by atoms with E-state index in [1.54, 1.807) is 7.11 Å². The van der Waals surface area contributed by atoms with E-state index in [9.17, 15) is 4.79 Å². The number of rotatable bonds is 8. The van der Waals surface area contributed by atoms with Gasteiger partial charge in [0, 0.05) is 12.8 Å². The molecule has 0 spiro atoms. The maximum Gasteiger partial charge on any atom is 0.308 e. The molecule has 0 radical (unpaired) electrons. The highest BCUT2D eigenvalue weighted by Gasteiger charge is 2.14. The first-order chi connectivity index (χ1) is 11.6. The molecule has 0 aliphatic carbocycles. The first kappa shape index (κ1) is 18.1. The summed E-state index contributed by atoms with van der Waals surface area (Å²) < 4.78 is 10.4. The summed E-state index contributed by atoms with van der Waals surface area (Å²) >= 11 is 0. The Balaban J connectivity index is 2.22. The molecule has 2 rings (SSSR count). The van der Waals surface area contributed by atoms with Gasteiger partial charge in [0.1, 0.15) is 11.5 Å². The van der Waals surface area contributed by atoms with Crippen molar-refractivity contribution in [3.05, 3.63) is 59.7 Å². The number of ether oxygens (including phenoxy) is 2. The highest BCUT2D eigenvalue weighted by Crippen LogP contribution is 2.32. The lowest BCUT2D eigenvalue weighted by Crippen LogP contribution is -2.04. The van der Waals surface area contributed by atoms with Crippen LogP contribution in [0.2, 0.25) is 0 Å². The normalized spacial score (nSPS) is 11.8. The molecule has 2 aromatic carbocycles. The van der Waals surface area contributed by atoms with Crippen LogP contribution in [0.25, 0.3) is 0 Å². The van der Waals surface area contributed by atoms with Crippen molar-refractivity contribution in [1.29, 1.82) is 0 Å². The van der Waals surface area contributed by atoms with Gasteiger partial charge in [-0.15, -0.1) is 0 Å². The molecule has 0 heterocycles. The van der Waals surface area contributed by atoms with Crippen molar-refractivity contribution in [1.82, 2.24) is 0 Å². The lowest BCUT2D eigenvalue weighted by molar-refractivity contribution is -0.131. The molecule has 1 atom stereocenters. The molecule has 0 saturated heterocycles. The standard InChI is InChI=1S/C21H26O3/c1-4-5-6-7-21(17-8-12-19(23-3)13-9-17)18-10-14-20(15-11-18)24-16(2)22/h8-15,21H,4-7H2,1-3H3. The second kappa shape index (κ2) is 9.11. The van der Waals surface area contributed by atoms with E-state index in [2.05, 4.69) is 31.2 Å². The number of carbonyl (C=O) groups is 1. The number of methoxy groups -OCH3 is 1. The predicted octanol–water partition coefficient (Wildman–Crippen LogP) is 5.33. The van der Waals surface area contributed by atoms with Crippen LogP contribution in [0.4, 0.5) is 0 Å². The van der Waals surface area contributed by atoms with Gasteiger partial charge in [0.2, 0.25) is 0 Å². The Morgan fingerprint density at radius 2 is 1.46 bits per heavy atom. The Kier molecular flexibility index (Phi) is 6.86. The largest absolute Gasteiger partial charge is 0.497 e. The summed E-state index contributed by atoms with van der Waals surface area (Å²) in [6.45, 7) is 3.63. The van der Waals surface area contributed by atoms with Gasteiger partial charge in [-0.1, -0.05) is 50.5 Å². The number of carbonyl (C=O) groups excluding carboxylic acids is 1. The van der Waals surface area contributed by atoms with Crippen LogP contribution >= 0.6 is 0 Å². The maximum absolute atomic E-state index is 11.1. The Morgan fingerprint density at radius 1 is 0.917 bits per heavy atom. The Morgan fingerprint density at radius 3 is 1.92 bits per heavy atom. The molecule has 3 nitrogen and oxygen atoms in total. The summed E-state index contributed by atoms with van der Waals surface area (Å²) in [4.78, 5) is 11.1. The summed E-state index contributed by atoms with van der Waals surface area (Å²) in [6, 6.07) is 16.1. The number of hydrogen-bond donors (Lipinski definition) is 0. The first-order valence-electron chi connectivity index (χ1n) is 8.56. The molecule has 0 aliphatic heterocycles. The van der Waals surface area contributed by atoms with Crippen molar-refractivity contribution in [2.24, 2.45) is 0 Å². The van der Waals surface area contributed by atoms with Crippen molar-refractivity contribution < 1.29 is 14.3 Å². The third-order valence-corrected chi connectivity index (χ3v) is 4.16. The lowest BCUT2D eigenvalue weighted by atomic mass is 9.87. The fraction of sp³-hybridized carbons (Fsp3) is 0.381. The fourth-order valence-corrected chi connectivity index (χ4v) is 2.89. The summed E-state index contributed by atoms with van der Waals surface area (Å²) in [7, 11) is 1.68. The van der Waals surface area contributed by atoms with Gasteiger partial charge >= 0.3 is 5.97 Å². The number of hydrogen-bond acceptors (Lipinski definition) is 3. The molecule has 24 heavy (non-hydrogen) atoms. The van der Waals surface area contributed by atoms with Gasteiger partial charge in [-0.3, -0.25) is 4.79 Å². The van der Waals surface area contributed by atoms with Crippen LogP contribution in [0.15, 0.2) is 48.5 Å². The first-order valence-corrected chi connectivity index (χ1v) is 8.56. The average molecular weight is 326 g/mol. The van der Waals surface area contributed by atoms with Crippen LogP contribution in [-0.2, 0) is 4.79 Å². The average Bonchev–Trinajstić information content (AvgIpc) is 2.59. The van der Waals surface area contributed by atoms with Crippen LogP contribution in [0.5, 0.6) is 11.5 Å². The Bertz CT molecular complexity index is 629. The second-order valence-corrected chi connectivity index (χ2v) is 5.98. The summed E-state index contributed by atoms with van der Waals surface area (Å²) in [6.07, 6.45) is 4.74. The van der Waals surface area contributed by atoms with Crippen LogP contribution in [-0.4, -0.2) is 13.1 Å².